The Morgan fingerprint density at radius 2 is 1.80 bits per heavy atom. The van der Waals surface area contributed by atoms with Crippen LogP contribution < -0.4 is 0 Å². The zero-order valence-electron chi connectivity index (χ0n) is 5.69. The van der Waals surface area contributed by atoms with Gasteiger partial charge in [0.25, 0.3) is 0 Å². The summed E-state index contributed by atoms with van der Waals surface area (Å²) in [4.78, 5) is 0. The van der Waals surface area contributed by atoms with E-state index in [1.165, 1.54) is 4.09 Å². The van der Waals surface area contributed by atoms with Crippen molar-refractivity contribution >= 4 is 11.6 Å². The average Bonchev–Trinajstić information content (AvgIpc) is 1.92. The van der Waals surface area contributed by atoms with E-state index < -0.39 is 0 Å². The van der Waals surface area contributed by atoms with E-state index in [-0.39, 0.29) is 0 Å². The summed E-state index contributed by atoms with van der Waals surface area (Å²) < 4.78 is 1.37. The van der Waals surface area contributed by atoms with E-state index in [1.54, 1.807) is 0 Å². The molecule has 0 saturated carbocycles. The Balaban J connectivity index is 2.57. The van der Waals surface area contributed by atoms with Gasteiger partial charge in [0.2, 0.25) is 0 Å². The zero-order valence-corrected chi connectivity index (χ0v) is 8.85. The molecule has 0 aliphatic heterocycles. The topological polar surface area (TPSA) is 0 Å². The van der Waals surface area contributed by atoms with Gasteiger partial charge in [0.15, 0.2) is 0 Å². The van der Waals surface area contributed by atoms with Crippen molar-refractivity contribution in [2.45, 2.75) is 25.7 Å². The average molecular weight is 334 g/mol. The summed E-state index contributed by atoms with van der Waals surface area (Å²) in [5.74, 6) is 0. The summed E-state index contributed by atoms with van der Waals surface area (Å²) in [6.45, 7) is 0. The van der Waals surface area contributed by atoms with Crippen molar-refractivity contribution in [1.82, 2.24) is 0 Å². The molecular formula is C8H10ClIr. The van der Waals surface area contributed by atoms with Gasteiger partial charge in [0.05, 0.1) is 0 Å². The van der Waals surface area contributed by atoms with E-state index >= 15 is 0 Å². The van der Waals surface area contributed by atoms with Gasteiger partial charge in [0, 0.05) is 0 Å². The van der Waals surface area contributed by atoms with E-state index in [9.17, 15) is 0 Å². The molecule has 0 aromatic rings. The third-order valence-corrected chi connectivity index (χ3v) is 3.59. The molecule has 0 bridgehead atoms. The molecule has 0 atom stereocenters. The van der Waals surface area contributed by atoms with Crippen LogP contribution in [0.4, 0.5) is 0 Å². The maximum absolute atomic E-state index is 5.99. The molecule has 1 aliphatic rings. The first-order valence-corrected chi connectivity index (χ1v) is 5.04. The Morgan fingerprint density at radius 3 is 2.50 bits per heavy atom. The van der Waals surface area contributed by atoms with Gasteiger partial charge in [-0.3, -0.25) is 0 Å². The quantitative estimate of drug-likeness (QED) is 0.598. The van der Waals surface area contributed by atoms with Gasteiger partial charge in [0.1, 0.15) is 0 Å². The van der Waals surface area contributed by atoms with Gasteiger partial charge in [-0.25, -0.2) is 0 Å². The van der Waals surface area contributed by atoms with E-state index in [2.05, 4.69) is 31.1 Å². The van der Waals surface area contributed by atoms with E-state index in [0.717, 1.165) is 30.7 Å². The Morgan fingerprint density at radius 1 is 1.20 bits per heavy atom. The molecule has 0 saturated heterocycles. The number of allylic oxidation sites excluding steroid dienone is 4. The molecule has 0 nitrogen and oxygen atoms in total. The second-order valence-electron chi connectivity index (χ2n) is 2.33. The third-order valence-electron chi connectivity index (χ3n) is 1.50. The summed E-state index contributed by atoms with van der Waals surface area (Å²) in [5, 5.41) is 1.07. The fourth-order valence-corrected chi connectivity index (χ4v) is 1.76. The standard InChI is InChI=1S/C8H10Cl.Ir/c9-8-6-4-2-1-3-5-7-8;/h1-2H,3-6H2;/b2-1-,8-7?;. The Hall–Kier alpha value is 0.419. The van der Waals surface area contributed by atoms with Crippen LogP contribution in [0, 0.1) is 0 Å². The molecule has 1 aliphatic carbocycles. The summed E-state index contributed by atoms with van der Waals surface area (Å²) in [5.41, 5.74) is 0. The number of hydrogen-bond donors (Lipinski definition) is 0. The van der Waals surface area contributed by atoms with Gasteiger partial charge < -0.3 is 0 Å². The van der Waals surface area contributed by atoms with Gasteiger partial charge in [-0.05, 0) is 0 Å². The summed E-state index contributed by atoms with van der Waals surface area (Å²) in [7, 11) is 0. The predicted octanol–water partition coefficient (Wildman–Crippen LogP) is 3.11. The number of rotatable bonds is 0. The second-order valence-corrected chi connectivity index (χ2v) is 4.23. The van der Waals surface area contributed by atoms with Crippen molar-refractivity contribution in [2.24, 2.45) is 0 Å². The minimum atomic E-state index is 1.03. The monoisotopic (exact) mass is 334 g/mol. The molecule has 0 aromatic carbocycles. The summed E-state index contributed by atoms with van der Waals surface area (Å²) in [6, 6.07) is 0. The van der Waals surface area contributed by atoms with Crippen LogP contribution in [0.25, 0.3) is 0 Å². The molecule has 58 valence electrons. The molecule has 0 amide bonds. The Labute approximate surface area is 77.5 Å². The minimum absolute atomic E-state index is 1.03. The summed E-state index contributed by atoms with van der Waals surface area (Å²) in [6.07, 6.45) is 8.89. The van der Waals surface area contributed by atoms with Crippen molar-refractivity contribution in [3.05, 3.63) is 21.3 Å². The molecule has 2 heteroatoms. The zero-order chi connectivity index (χ0) is 7.40. The third kappa shape index (κ3) is 2.57. The van der Waals surface area contributed by atoms with Crippen LogP contribution in [0.5, 0.6) is 0 Å². The second kappa shape index (κ2) is 4.33. The molecule has 1 rings (SSSR count). The van der Waals surface area contributed by atoms with Crippen LogP contribution in [-0.4, -0.2) is 0 Å². The molecule has 10 heavy (non-hydrogen) atoms. The van der Waals surface area contributed by atoms with Crippen molar-refractivity contribution in [2.75, 3.05) is 0 Å². The summed E-state index contributed by atoms with van der Waals surface area (Å²) >= 11 is 8.12. The van der Waals surface area contributed by atoms with Gasteiger partial charge in [-0.1, -0.05) is 0 Å². The molecule has 0 unspecified atom stereocenters. The molecule has 0 spiro atoms. The van der Waals surface area contributed by atoms with E-state index in [1.807, 2.05) is 0 Å². The van der Waals surface area contributed by atoms with Crippen LogP contribution >= 0.6 is 11.6 Å². The maximum atomic E-state index is 5.99. The Bertz CT molecular complexity index is 152. The first kappa shape index (κ1) is 8.52. The first-order valence-electron chi connectivity index (χ1n) is 3.46. The molecule has 0 fully saturated rings. The van der Waals surface area contributed by atoms with Gasteiger partial charge >= 0.3 is 77.5 Å². The van der Waals surface area contributed by atoms with Crippen molar-refractivity contribution in [3.8, 4) is 0 Å². The number of halogens is 1. The SMILES string of the molecule is Cl/C1=[C](\[Ir])CC/C=C\CC1. The normalized spacial score (nSPS) is 31.1. The molecule has 0 N–H and O–H groups in total. The van der Waals surface area contributed by atoms with Crippen molar-refractivity contribution in [1.29, 1.82) is 0 Å². The van der Waals surface area contributed by atoms with E-state index in [0.29, 0.717) is 0 Å². The van der Waals surface area contributed by atoms with Crippen LogP contribution in [0.3, 0.4) is 0 Å². The van der Waals surface area contributed by atoms with Crippen LogP contribution in [0.2, 0.25) is 0 Å². The molecular weight excluding hydrogens is 324 g/mol. The predicted molar refractivity (Wildman–Crippen MR) is 40.5 cm³/mol. The van der Waals surface area contributed by atoms with Crippen LogP contribution in [-0.2, 0) is 18.9 Å². The fraction of sp³-hybridized carbons (Fsp3) is 0.500. The van der Waals surface area contributed by atoms with Crippen molar-refractivity contribution in [3.63, 3.8) is 0 Å². The van der Waals surface area contributed by atoms with Crippen LogP contribution in [0.1, 0.15) is 25.7 Å². The Kier molecular flexibility index (Phi) is 3.69. The van der Waals surface area contributed by atoms with Gasteiger partial charge in [-0.2, -0.15) is 0 Å². The fourth-order valence-electron chi connectivity index (χ4n) is 0.915. The molecule has 0 radical (unpaired) electrons. The number of hydrogen-bond acceptors (Lipinski definition) is 0. The van der Waals surface area contributed by atoms with Crippen molar-refractivity contribution < 1.29 is 18.9 Å². The first-order chi connectivity index (χ1) is 4.80. The molecule has 0 heterocycles. The van der Waals surface area contributed by atoms with E-state index in [4.69, 9.17) is 11.6 Å². The van der Waals surface area contributed by atoms with Crippen LogP contribution in [0.15, 0.2) is 21.3 Å². The van der Waals surface area contributed by atoms with Gasteiger partial charge in [-0.15, -0.1) is 0 Å². The molecule has 0 aromatic heterocycles.